The van der Waals surface area contributed by atoms with E-state index in [0.29, 0.717) is 17.1 Å². The predicted octanol–water partition coefficient (Wildman–Crippen LogP) is 1.47. The zero-order chi connectivity index (χ0) is 15.5. The standard InChI is InChI=1S/C13H17N3O4S/c1-9(16-21(17,18)13-7-14-8-15-13)11-5-4-10(19-2)6-12(11)20-3/h4-9,16H,1-3H3,(H,14,15). The molecule has 1 heterocycles. The van der Waals surface area contributed by atoms with Crippen LogP contribution >= 0.6 is 0 Å². The average molecular weight is 311 g/mol. The van der Waals surface area contributed by atoms with Crippen LogP contribution < -0.4 is 14.2 Å². The summed E-state index contributed by atoms with van der Waals surface area (Å²) in [6, 6.07) is 4.74. The molecule has 0 amide bonds. The lowest BCUT2D eigenvalue weighted by molar-refractivity contribution is 0.388. The first kappa shape index (κ1) is 15.3. The van der Waals surface area contributed by atoms with Crippen LogP contribution in [-0.2, 0) is 10.0 Å². The number of aromatic amines is 1. The van der Waals surface area contributed by atoms with Crippen LogP contribution in [0.15, 0.2) is 35.7 Å². The van der Waals surface area contributed by atoms with Crippen molar-refractivity contribution >= 4 is 10.0 Å². The van der Waals surface area contributed by atoms with E-state index < -0.39 is 16.1 Å². The van der Waals surface area contributed by atoms with Crippen LogP contribution in [0.4, 0.5) is 0 Å². The molecule has 1 atom stereocenters. The maximum atomic E-state index is 12.2. The molecule has 2 rings (SSSR count). The largest absolute Gasteiger partial charge is 0.497 e. The number of sulfonamides is 1. The Morgan fingerprint density at radius 2 is 2.05 bits per heavy atom. The van der Waals surface area contributed by atoms with Gasteiger partial charge in [0.05, 0.1) is 26.7 Å². The second kappa shape index (κ2) is 6.15. The van der Waals surface area contributed by atoms with Gasteiger partial charge in [-0.3, -0.25) is 0 Å². The van der Waals surface area contributed by atoms with Gasteiger partial charge in [0, 0.05) is 17.7 Å². The van der Waals surface area contributed by atoms with Crippen LogP contribution in [0.1, 0.15) is 18.5 Å². The molecule has 0 saturated carbocycles. The van der Waals surface area contributed by atoms with Gasteiger partial charge >= 0.3 is 0 Å². The van der Waals surface area contributed by atoms with Crippen LogP contribution in [0.3, 0.4) is 0 Å². The summed E-state index contributed by atoms with van der Waals surface area (Å²) in [5, 5.41) is 0.0156. The topological polar surface area (TPSA) is 93.3 Å². The first-order valence-corrected chi connectivity index (χ1v) is 7.69. The van der Waals surface area contributed by atoms with E-state index in [4.69, 9.17) is 9.47 Å². The zero-order valence-corrected chi connectivity index (χ0v) is 12.8. The first-order chi connectivity index (χ1) is 9.97. The molecule has 2 N–H and O–H groups in total. The number of nitrogens with one attached hydrogen (secondary N) is 2. The monoisotopic (exact) mass is 311 g/mol. The fourth-order valence-electron chi connectivity index (χ4n) is 1.93. The summed E-state index contributed by atoms with van der Waals surface area (Å²) in [6.45, 7) is 1.73. The lowest BCUT2D eigenvalue weighted by Crippen LogP contribution is -2.27. The number of hydrogen-bond donors (Lipinski definition) is 2. The van der Waals surface area contributed by atoms with Crippen LogP contribution in [0.5, 0.6) is 11.5 Å². The fraction of sp³-hybridized carbons (Fsp3) is 0.308. The molecular weight excluding hydrogens is 294 g/mol. The molecule has 114 valence electrons. The smallest absolute Gasteiger partial charge is 0.258 e. The number of hydrogen-bond acceptors (Lipinski definition) is 5. The maximum Gasteiger partial charge on any atom is 0.258 e. The van der Waals surface area contributed by atoms with Crippen molar-refractivity contribution in [2.24, 2.45) is 0 Å². The third kappa shape index (κ3) is 3.34. The predicted molar refractivity (Wildman–Crippen MR) is 76.9 cm³/mol. The van der Waals surface area contributed by atoms with Gasteiger partial charge in [-0.05, 0) is 13.0 Å². The van der Waals surface area contributed by atoms with E-state index in [1.165, 1.54) is 19.6 Å². The zero-order valence-electron chi connectivity index (χ0n) is 12.0. The number of ether oxygens (including phenoxy) is 2. The molecule has 0 fully saturated rings. The van der Waals surface area contributed by atoms with Crippen molar-refractivity contribution in [3.05, 3.63) is 36.3 Å². The molecule has 7 nitrogen and oxygen atoms in total. The molecule has 0 radical (unpaired) electrons. The van der Waals surface area contributed by atoms with Crippen molar-refractivity contribution in [3.8, 4) is 11.5 Å². The third-order valence-electron chi connectivity index (χ3n) is 3.00. The quantitative estimate of drug-likeness (QED) is 0.842. The van der Waals surface area contributed by atoms with Crippen molar-refractivity contribution < 1.29 is 17.9 Å². The van der Waals surface area contributed by atoms with E-state index in [0.717, 1.165) is 0 Å². The van der Waals surface area contributed by atoms with Crippen LogP contribution in [0.2, 0.25) is 0 Å². The highest BCUT2D eigenvalue weighted by Gasteiger charge is 2.21. The molecule has 1 aromatic carbocycles. The number of imidazole rings is 1. The summed E-state index contributed by atoms with van der Waals surface area (Å²) in [5.41, 5.74) is 0.710. The first-order valence-electron chi connectivity index (χ1n) is 6.20. The Morgan fingerprint density at radius 3 is 2.62 bits per heavy atom. The van der Waals surface area contributed by atoms with Gasteiger partial charge in [0.15, 0.2) is 5.03 Å². The Bertz CT molecular complexity index is 698. The number of nitrogens with zero attached hydrogens (tertiary/aromatic N) is 1. The van der Waals surface area contributed by atoms with E-state index in [1.807, 2.05) is 0 Å². The van der Waals surface area contributed by atoms with Crippen LogP contribution in [0.25, 0.3) is 0 Å². The van der Waals surface area contributed by atoms with Gasteiger partial charge in [-0.15, -0.1) is 0 Å². The second-order valence-corrected chi connectivity index (χ2v) is 6.05. The van der Waals surface area contributed by atoms with Gasteiger partial charge in [0.2, 0.25) is 0 Å². The number of methoxy groups -OCH3 is 2. The van der Waals surface area contributed by atoms with Crippen molar-refractivity contribution in [1.82, 2.24) is 14.7 Å². The van der Waals surface area contributed by atoms with Crippen LogP contribution in [-0.4, -0.2) is 32.6 Å². The maximum absolute atomic E-state index is 12.2. The molecular formula is C13H17N3O4S. The molecule has 0 saturated heterocycles. The highest BCUT2D eigenvalue weighted by atomic mass is 32.2. The van der Waals surface area contributed by atoms with Gasteiger partial charge in [0.1, 0.15) is 11.5 Å². The molecule has 1 aromatic heterocycles. The van der Waals surface area contributed by atoms with Crippen molar-refractivity contribution in [2.75, 3.05) is 14.2 Å². The molecule has 8 heteroatoms. The summed E-state index contributed by atoms with van der Waals surface area (Å²) < 4.78 is 37.3. The molecule has 1 unspecified atom stereocenters. The Labute approximate surface area is 123 Å². The van der Waals surface area contributed by atoms with E-state index >= 15 is 0 Å². The molecule has 0 aliphatic heterocycles. The minimum absolute atomic E-state index is 0.0156. The summed E-state index contributed by atoms with van der Waals surface area (Å²) in [4.78, 5) is 6.28. The summed E-state index contributed by atoms with van der Waals surface area (Å²) in [6.07, 6.45) is 2.56. The van der Waals surface area contributed by atoms with Gasteiger partial charge < -0.3 is 14.5 Å². The van der Waals surface area contributed by atoms with Crippen LogP contribution in [0, 0.1) is 0 Å². The van der Waals surface area contributed by atoms with E-state index in [9.17, 15) is 8.42 Å². The third-order valence-corrected chi connectivity index (χ3v) is 4.47. The molecule has 0 aliphatic rings. The van der Waals surface area contributed by atoms with Crippen molar-refractivity contribution in [3.63, 3.8) is 0 Å². The molecule has 0 bridgehead atoms. The molecule has 2 aromatic rings. The Kier molecular flexibility index (Phi) is 4.49. The summed E-state index contributed by atoms with van der Waals surface area (Å²) >= 11 is 0. The van der Waals surface area contributed by atoms with Crippen molar-refractivity contribution in [1.29, 1.82) is 0 Å². The highest BCUT2D eigenvalue weighted by Crippen LogP contribution is 2.30. The number of aromatic nitrogens is 2. The average Bonchev–Trinajstić information content (AvgIpc) is 3.01. The minimum Gasteiger partial charge on any atom is -0.497 e. The molecule has 21 heavy (non-hydrogen) atoms. The van der Waals surface area contributed by atoms with Gasteiger partial charge in [-0.2, -0.15) is 0 Å². The Morgan fingerprint density at radius 1 is 1.29 bits per heavy atom. The van der Waals surface area contributed by atoms with Gasteiger partial charge in [0.25, 0.3) is 10.0 Å². The normalized spacial score (nSPS) is 12.9. The lowest BCUT2D eigenvalue weighted by Gasteiger charge is -2.17. The fourth-order valence-corrected chi connectivity index (χ4v) is 3.05. The minimum atomic E-state index is -3.66. The van der Waals surface area contributed by atoms with Gasteiger partial charge in [-0.1, -0.05) is 6.07 Å². The second-order valence-electron chi connectivity index (χ2n) is 4.37. The summed E-state index contributed by atoms with van der Waals surface area (Å²) in [5.74, 6) is 1.19. The van der Waals surface area contributed by atoms with E-state index in [1.54, 1.807) is 32.2 Å². The Balaban J connectivity index is 2.26. The number of benzene rings is 1. The Hall–Kier alpha value is -2.06. The molecule has 0 spiro atoms. The highest BCUT2D eigenvalue weighted by molar-refractivity contribution is 7.89. The van der Waals surface area contributed by atoms with E-state index in [2.05, 4.69) is 14.7 Å². The number of rotatable bonds is 6. The number of H-pyrrole nitrogens is 1. The van der Waals surface area contributed by atoms with Gasteiger partial charge in [-0.25, -0.2) is 18.1 Å². The molecule has 0 aliphatic carbocycles. The lowest BCUT2D eigenvalue weighted by atomic mass is 10.1. The SMILES string of the molecule is COc1ccc(C(C)NS(=O)(=O)c2cnc[nH]2)c(OC)c1. The van der Waals surface area contributed by atoms with E-state index in [-0.39, 0.29) is 5.03 Å². The summed E-state index contributed by atoms with van der Waals surface area (Å²) in [7, 11) is -0.583. The van der Waals surface area contributed by atoms with Crippen molar-refractivity contribution in [2.45, 2.75) is 18.0 Å².